The third-order valence-corrected chi connectivity index (χ3v) is 5.40. The SMILES string of the molecule is C=C1C(=O)O[C@@H]2/C=C(/C)[C@H](OC(C)=O)C/C=C(\C)C[C@@H](OC(=O)/C(=C/CO)COC(C)=O)[C@@H]12. The van der Waals surface area contributed by atoms with Gasteiger partial charge in [0.1, 0.15) is 24.9 Å². The lowest BCUT2D eigenvalue weighted by molar-refractivity contribution is -0.149. The Hall–Kier alpha value is -3.20. The van der Waals surface area contributed by atoms with Crippen molar-refractivity contribution in [1.82, 2.24) is 0 Å². The molecule has 9 nitrogen and oxygen atoms in total. The van der Waals surface area contributed by atoms with E-state index in [4.69, 9.17) is 18.9 Å². The molecule has 0 aromatic carbocycles. The lowest BCUT2D eigenvalue weighted by Gasteiger charge is -2.28. The number of ether oxygens (including phenoxy) is 4. The van der Waals surface area contributed by atoms with E-state index in [0.29, 0.717) is 12.0 Å². The second-order valence-electron chi connectivity index (χ2n) is 8.06. The number of carbonyl (C=O) groups is 4. The fraction of sp³-hybridized carbons (Fsp3) is 0.500. The van der Waals surface area contributed by atoms with Crippen LogP contribution in [0, 0.1) is 5.92 Å². The van der Waals surface area contributed by atoms with Crippen LogP contribution in [0.2, 0.25) is 0 Å². The first-order valence-corrected chi connectivity index (χ1v) is 10.6. The van der Waals surface area contributed by atoms with Crippen molar-refractivity contribution in [3.63, 3.8) is 0 Å². The van der Waals surface area contributed by atoms with Crippen LogP contribution in [0.3, 0.4) is 0 Å². The summed E-state index contributed by atoms with van der Waals surface area (Å²) in [7, 11) is 0. The van der Waals surface area contributed by atoms with Gasteiger partial charge in [0.25, 0.3) is 0 Å². The van der Waals surface area contributed by atoms with Crippen LogP contribution in [0.4, 0.5) is 0 Å². The number of aliphatic hydroxyl groups is 1. The van der Waals surface area contributed by atoms with Gasteiger partial charge in [-0.15, -0.1) is 0 Å². The zero-order valence-corrected chi connectivity index (χ0v) is 19.3. The van der Waals surface area contributed by atoms with Crippen molar-refractivity contribution in [1.29, 1.82) is 0 Å². The van der Waals surface area contributed by atoms with Crippen molar-refractivity contribution in [2.45, 2.75) is 58.8 Å². The van der Waals surface area contributed by atoms with Crippen LogP contribution in [0.1, 0.15) is 40.5 Å². The third-order valence-electron chi connectivity index (χ3n) is 5.40. The third kappa shape index (κ3) is 7.15. The maximum Gasteiger partial charge on any atom is 0.337 e. The Bertz CT molecular complexity index is 909. The van der Waals surface area contributed by atoms with Crippen LogP contribution in [-0.2, 0) is 38.1 Å². The van der Waals surface area contributed by atoms with E-state index in [1.165, 1.54) is 19.9 Å². The van der Waals surface area contributed by atoms with Crippen molar-refractivity contribution in [2.75, 3.05) is 13.2 Å². The first kappa shape index (κ1) is 26.1. The number of carbonyl (C=O) groups excluding carboxylic acids is 4. The second kappa shape index (κ2) is 11.6. The van der Waals surface area contributed by atoms with E-state index in [1.54, 1.807) is 13.0 Å². The highest BCUT2D eigenvalue weighted by atomic mass is 16.6. The van der Waals surface area contributed by atoms with Gasteiger partial charge in [0.2, 0.25) is 0 Å². The molecular formula is C24H30O9. The van der Waals surface area contributed by atoms with E-state index in [1.807, 2.05) is 13.0 Å². The van der Waals surface area contributed by atoms with Gasteiger partial charge in [-0.25, -0.2) is 9.59 Å². The van der Waals surface area contributed by atoms with Gasteiger partial charge < -0.3 is 24.1 Å². The highest BCUT2D eigenvalue weighted by Gasteiger charge is 2.45. The molecule has 0 saturated carbocycles. The molecule has 0 aromatic heterocycles. The molecule has 9 heteroatoms. The lowest BCUT2D eigenvalue weighted by Crippen LogP contribution is -2.35. The summed E-state index contributed by atoms with van der Waals surface area (Å²) in [5, 5.41) is 9.24. The predicted molar refractivity (Wildman–Crippen MR) is 116 cm³/mol. The maximum absolute atomic E-state index is 12.8. The minimum absolute atomic E-state index is 0.0273. The molecule has 1 N–H and O–H groups in total. The van der Waals surface area contributed by atoms with Gasteiger partial charge in [0.05, 0.1) is 18.1 Å². The Kier molecular flexibility index (Phi) is 9.16. The number of esters is 4. The smallest absolute Gasteiger partial charge is 0.337 e. The van der Waals surface area contributed by atoms with E-state index >= 15 is 0 Å². The lowest BCUT2D eigenvalue weighted by atomic mass is 9.85. The summed E-state index contributed by atoms with van der Waals surface area (Å²) in [6, 6.07) is 0. The largest absolute Gasteiger partial charge is 0.461 e. The summed E-state index contributed by atoms with van der Waals surface area (Å²) >= 11 is 0. The Balaban J connectivity index is 2.39. The molecule has 0 aromatic rings. The topological polar surface area (TPSA) is 125 Å². The van der Waals surface area contributed by atoms with E-state index in [0.717, 1.165) is 5.57 Å². The van der Waals surface area contributed by atoms with Crippen molar-refractivity contribution in [3.8, 4) is 0 Å². The molecule has 0 radical (unpaired) electrons. The Labute approximate surface area is 192 Å². The van der Waals surface area contributed by atoms with Crippen molar-refractivity contribution in [2.24, 2.45) is 5.92 Å². The van der Waals surface area contributed by atoms with Crippen molar-refractivity contribution in [3.05, 3.63) is 47.1 Å². The second-order valence-corrected chi connectivity index (χ2v) is 8.06. The number of hydrogen-bond acceptors (Lipinski definition) is 9. The summed E-state index contributed by atoms with van der Waals surface area (Å²) in [6.07, 6.45) is 3.34. The molecule has 180 valence electrons. The predicted octanol–water partition coefficient (Wildman–Crippen LogP) is 2.10. The van der Waals surface area contributed by atoms with Crippen LogP contribution >= 0.6 is 0 Å². The van der Waals surface area contributed by atoms with Crippen LogP contribution in [0.15, 0.2) is 47.1 Å². The van der Waals surface area contributed by atoms with Gasteiger partial charge in [-0.1, -0.05) is 18.2 Å². The molecule has 1 fully saturated rings. The molecule has 1 heterocycles. The van der Waals surface area contributed by atoms with Crippen LogP contribution in [0.5, 0.6) is 0 Å². The Morgan fingerprint density at radius 1 is 1.21 bits per heavy atom. The minimum Gasteiger partial charge on any atom is -0.461 e. The van der Waals surface area contributed by atoms with Gasteiger partial charge in [0, 0.05) is 32.3 Å². The van der Waals surface area contributed by atoms with E-state index in [-0.39, 0.29) is 24.2 Å². The number of hydrogen-bond donors (Lipinski definition) is 1. The molecule has 2 rings (SSSR count). The average Bonchev–Trinajstić information content (AvgIpc) is 2.99. The van der Waals surface area contributed by atoms with Gasteiger partial charge in [-0.05, 0) is 31.6 Å². The maximum atomic E-state index is 12.8. The first-order valence-electron chi connectivity index (χ1n) is 10.6. The molecule has 33 heavy (non-hydrogen) atoms. The molecule has 0 amide bonds. The highest BCUT2D eigenvalue weighted by molar-refractivity contribution is 5.92. The molecule has 1 aliphatic heterocycles. The minimum atomic E-state index is -0.813. The molecule has 0 bridgehead atoms. The molecule has 1 aliphatic carbocycles. The van der Waals surface area contributed by atoms with Crippen molar-refractivity contribution < 1.29 is 43.2 Å². The molecule has 0 unspecified atom stereocenters. The van der Waals surface area contributed by atoms with Crippen LogP contribution < -0.4 is 0 Å². The summed E-state index contributed by atoms with van der Waals surface area (Å²) in [6.45, 7) is 9.16. The molecular weight excluding hydrogens is 432 g/mol. The molecule has 4 atom stereocenters. The Morgan fingerprint density at radius 3 is 2.52 bits per heavy atom. The zero-order chi connectivity index (χ0) is 24.7. The molecule has 0 spiro atoms. The summed E-state index contributed by atoms with van der Waals surface area (Å²) in [5.74, 6) is -3.09. The van der Waals surface area contributed by atoms with Gasteiger partial charge in [0.15, 0.2) is 0 Å². The van der Waals surface area contributed by atoms with E-state index in [2.05, 4.69) is 6.58 Å². The van der Waals surface area contributed by atoms with Gasteiger partial charge in [-0.3, -0.25) is 9.59 Å². The average molecular weight is 462 g/mol. The fourth-order valence-electron chi connectivity index (χ4n) is 3.73. The number of aliphatic hydroxyl groups excluding tert-OH is 1. The molecule has 1 saturated heterocycles. The fourth-order valence-corrected chi connectivity index (χ4v) is 3.73. The number of rotatable bonds is 6. The van der Waals surface area contributed by atoms with Crippen molar-refractivity contribution >= 4 is 23.9 Å². The van der Waals surface area contributed by atoms with E-state index < -0.39 is 54.7 Å². The summed E-state index contributed by atoms with van der Waals surface area (Å²) < 4.78 is 21.5. The zero-order valence-electron chi connectivity index (χ0n) is 19.3. The summed E-state index contributed by atoms with van der Waals surface area (Å²) in [5.41, 5.74) is 1.67. The first-order chi connectivity index (χ1) is 15.5. The summed E-state index contributed by atoms with van der Waals surface area (Å²) in [4.78, 5) is 47.9. The van der Waals surface area contributed by atoms with Crippen LogP contribution in [0.25, 0.3) is 0 Å². The van der Waals surface area contributed by atoms with E-state index in [9.17, 15) is 24.3 Å². The normalized spacial score (nSPS) is 28.9. The monoisotopic (exact) mass is 462 g/mol. The van der Waals surface area contributed by atoms with Crippen LogP contribution in [-0.4, -0.2) is 60.5 Å². The number of fused-ring (bicyclic) bond motifs is 1. The highest BCUT2D eigenvalue weighted by Crippen LogP contribution is 2.36. The van der Waals surface area contributed by atoms with Gasteiger partial charge in [-0.2, -0.15) is 0 Å². The molecule has 2 aliphatic rings. The standard InChI is InChI=1S/C24H30O9/c1-13-6-7-19(31-17(5)27)14(2)11-21-22(15(3)23(28)32-21)20(10-13)33-24(29)18(8-9-25)12-30-16(4)26/h6,8,11,19-22,25H,3,7,9-10,12H2,1-2,4-5H3/b13-6+,14-11-,18-8+/t19-,20-,21-,22-/m1/s1. The quantitative estimate of drug-likeness (QED) is 0.273. The van der Waals surface area contributed by atoms with Gasteiger partial charge >= 0.3 is 23.9 Å². The Morgan fingerprint density at radius 2 is 1.91 bits per heavy atom.